The molecule has 1 fully saturated rings. The van der Waals surface area contributed by atoms with E-state index in [1.165, 1.54) is 6.42 Å². The maximum Gasteiger partial charge on any atom is 0.184 e. The number of pyridine rings is 1. The van der Waals surface area contributed by atoms with E-state index in [2.05, 4.69) is 4.98 Å². The Morgan fingerprint density at radius 2 is 2.07 bits per heavy atom. The molecule has 2 rings (SSSR count). The summed E-state index contributed by atoms with van der Waals surface area (Å²) >= 11 is 0. The van der Waals surface area contributed by atoms with E-state index in [1.807, 2.05) is 26.0 Å². The third-order valence-electron chi connectivity index (χ3n) is 2.83. The summed E-state index contributed by atoms with van der Waals surface area (Å²) in [6.45, 7) is 3.94. The third kappa shape index (κ3) is 1.69. The molecular formula is C12H15NO. The lowest BCUT2D eigenvalue weighted by molar-refractivity contribution is 0.0849. The van der Waals surface area contributed by atoms with Gasteiger partial charge in [-0.15, -0.1) is 0 Å². The van der Waals surface area contributed by atoms with Gasteiger partial charge in [-0.3, -0.25) is 4.79 Å². The maximum atomic E-state index is 11.9. The Balaban J connectivity index is 2.26. The normalized spacial score (nSPS) is 16.4. The summed E-state index contributed by atoms with van der Waals surface area (Å²) in [6, 6.07) is 3.89. The van der Waals surface area contributed by atoms with Crippen LogP contribution in [-0.4, -0.2) is 10.8 Å². The van der Waals surface area contributed by atoms with Gasteiger partial charge in [0.2, 0.25) is 0 Å². The van der Waals surface area contributed by atoms with Crippen molar-refractivity contribution in [1.29, 1.82) is 0 Å². The van der Waals surface area contributed by atoms with E-state index in [0.29, 0.717) is 5.69 Å². The smallest absolute Gasteiger partial charge is 0.184 e. The molecule has 0 N–H and O–H groups in total. The summed E-state index contributed by atoms with van der Waals surface area (Å²) in [5.41, 5.74) is 2.72. The van der Waals surface area contributed by atoms with Gasteiger partial charge >= 0.3 is 0 Å². The van der Waals surface area contributed by atoms with Gasteiger partial charge in [-0.05, 0) is 44.4 Å². The van der Waals surface area contributed by atoms with E-state index in [1.54, 1.807) is 0 Å². The summed E-state index contributed by atoms with van der Waals surface area (Å²) < 4.78 is 0. The van der Waals surface area contributed by atoms with Crippen molar-refractivity contribution in [2.45, 2.75) is 33.1 Å². The second kappa shape index (κ2) is 3.52. The lowest BCUT2D eigenvalue weighted by Crippen LogP contribution is -2.23. The molecule has 1 saturated carbocycles. The zero-order valence-electron chi connectivity index (χ0n) is 8.71. The molecule has 0 saturated heterocycles. The van der Waals surface area contributed by atoms with Crippen LogP contribution >= 0.6 is 0 Å². The number of ketones is 1. The van der Waals surface area contributed by atoms with Crippen LogP contribution in [0.25, 0.3) is 0 Å². The van der Waals surface area contributed by atoms with Crippen LogP contribution in [0.3, 0.4) is 0 Å². The summed E-state index contributed by atoms with van der Waals surface area (Å²) in [5.74, 6) is 0.492. The Morgan fingerprint density at radius 1 is 1.36 bits per heavy atom. The van der Waals surface area contributed by atoms with Crippen LogP contribution in [0.15, 0.2) is 12.1 Å². The maximum absolute atomic E-state index is 11.9. The minimum atomic E-state index is 0.239. The van der Waals surface area contributed by atoms with Gasteiger partial charge in [0, 0.05) is 11.6 Å². The van der Waals surface area contributed by atoms with Gasteiger partial charge in [-0.1, -0.05) is 6.42 Å². The highest BCUT2D eigenvalue weighted by Gasteiger charge is 2.27. The van der Waals surface area contributed by atoms with Crippen LogP contribution in [0, 0.1) is 19.8 Å². The Kier molecular flexibility index (Phi) is 2.36. The lowest BCUT2D eigenvalue weighted by Gasteiger charge is -2.23. The first-order valence-corrected chi connectivity index (χ1v) is 5.16. The number of hydrogen-bond donors (Lipinski definition) is 0. The van der Waals surface area contributed by atoms with Gasteiger partial charge in [-0.25, -0.2) is 4.98 Å². The molecule has 1 aromatic rings. The number of hydrogen-bond acceptors (Lipinski definition) is 2. The number of carbonyl (C=O) groups excluding carboxylic acids is 1. The standard InChI is InChI=1S/C12H15NO/c1-8-6-9(2)13-11(7-8)12(14)10-4-3-5-10/h6-7,10H,3-5H2,1-2H3. The molecule has 0 spiro atoms. The number of Topliss-reactive ketones (excluding diaryl/α,β-unsaturated/α-hetero) is 1. The second-order valence-electron chi connectivity index (χ2n) is 4.16. The zero-order chi connectivity index (χ0) is 10.1. The fourth-order valence-electron chi connectivity index (χ4n) is 1.85. The molecule has 1 aliphatic rings. The average Bonchev–Trinajstić information content (AvgIpc) is 1.98. The molecule has 0 unspecified atom stereocenters. The van der Waals surface area contributed by atoms with Crippen molar-refractivity contribution < 1.29 is 4.79 Å². The number of rotatable bonds is 2. The predicted molar refractivity (Wildman–Crippen MR) is 55.4 cm³/mol. The molecule has 14 heavy (non-hydrogen) atoms. The molecule has 0 aromatic carbocycles. The zero-order valence-corrected chi connectivity index (χ0v) is 8.71. The van der Waals surface area contributed by atoms with Crippen molar-refractivity contribution in [2.75, 3.05) is 0 Å². The molecule has 0 radical (unpaired) electrons. The van der Waals surface area contributed by atoms with Gasteiger partial charge < -0.3 is 0 Å². The third-order valence-corrected chi connectivity index (χ3v) is 2.83. The molecule has 0 amide bonds. The monoisotopic (exact) mass is 189 g/mol. The van der Waals surface area contributed by atoms with Crippen LogP contribution in [0.4, 0.5) is 0 Å². The number of nitrogens with zero attached hydrogens (tertiary/aromatic N) is 1. The summed E-state index contributed by atoms with van der Waals surface area (Å²) in [5, 5.41) is 0. The van der Waals surface area contributed by atoms with E-state index in [0.717, 1.165) is 24.1 Å². The topological polar surface area (TPSA) is 30.0 Å². The van der Waals surface area contributed by atoms with Gasteiger partial charge in [0.1, 0.15) is 5.69 Å². The SMILES string of the molecule is Cc1cc(C)nc(C(=O)C2CCC2)c1. The van der Waals surface area contributed by atoms with Crippen molar-refractivity contribution in [3.63, 3.8) is 0 Å². The van der Waals surface area contributed by atoms with E-state index in [4.69, 9.17) is 0 Å². The number of carbonyl (C=O) groups is 1. The highest BCUT2D eigenvalue weighted by atomic mass is 16.1. The minimum Gasteiger partial charge on any atom is -0.292 e. The van der Waals surface area contributed by atoms with Crippen LogP contribution in [0.5, 0.6) is 0 Å². The fraction of sp³-hybridized carbons (Fsp3) is 0.500. The Labute approximate surface area is 84.4 Å². The first kappa shape index (κ1) is 9.38. The summed E-state index contributed by atoms with van der Waals surface area (Å²) in [4.78, 5) is 16.2. The molecule has 2 nitrogen and oxygen atoms in total. The van der Waals surface area contributed by atoms with Crippen LogP contribution in [0.2, 0.25) is 0 Å². The lowest BCUT2D eigenvalue weighted by atomic mass is 9.81. The second-order valence-corrected chi connectivity index (χ2v) is 4.16. The summed E-state index contributed by atoms with van der Waals surface area (Å²) in [6.07, 6.45) is 3.29. The fourth-order valence-corrected chi connectivity index (χ4v) is 1.85. The van der Waals surface area contributed by atoms with Crippen molar-refractivity contribution >= 4 is 5.78 Å². The van der Waals surface area contributed by atoms with Crippen LogP contribution in [0.1, 0.15) is 41.0 Å². The first-order valence-electron chi connectivity index (χ1n) is 5.16. The van der Waals surface area contributed by atoms with Gasteiger partial charge in [0.25, 0.3) is 0 Å². The molecule has 0 bridgehead atoms. The van der Waals surface area contributed by atoms with Gasteiger partial charge in [0.15, 0.2) is 5.78 Å². The predicted octanol–water partition coefficient (Wildman–Crippen LogP) is 2.68. The summed E-state index contributed by atoms with van der Waals surface area (Å²) in [7, 11) is 0. The van der Waals surface area contributed by atoms with Crippen molar-refractivity contribution in [2.24, 2.45) is 5.92 Å². The number of aryl methyl sites for hydroxylation is 2. The van der Waals surface area contributed by atoms with Crippen LogP contribution < -0.4 is 0 Å². The van der Waals surface area contributed by atoms with E-state index >= 15 is 0 Å². The minimum absolute atomic E-state index is 0.239. The van der Waals surface area contributed by atoms with Crippen molar-refractivity contribution in [3.8, 4) is 0 Å². The number of aromatic nitrogens is 1. The quantitative estimate of drug-likeness (QED) is 0.669. The van der Waals surface area contributed by atoms with Gasteiger partial charge in [-0.2, -0.15) is 0 Å². The average molecular weight is 189 g/mol. The van der Waals surface area contributed by atoms with E-state index < -0.39 is 0 Å². The van der Waals surface area contributed by atoms with Crippen molar-refractivity contribution in [3.05, 3.63) is 29.1 Å². The Morgan fingerprint density at radius 3 is 2.57 bits per heavy atom. The molecule has 0 aliphatic heterocycles. The molecule has 1 aliphatic carbocycles. The van der Waals surface area contributed by atoms with E-state index in [9.17, 15) is 4.79 Å². The highest BCUT2D eigenvalue weighted by molar-refractivity contribution is 5.96. The molecule has 2 heteroatoms. The molecule has 1 heterocycles. The highest BCUT2D eigenvalue weighted by Crippen LogP contribution is 2.29. The molecular weight excluding hydrogens is 174 g/mol. The molecule has 1 aromatic heterocycles. The first-order chi connectivity index (χ1) is 6.66. The Bertz CT molecular complexity index is 346. The van der Waals surface area contributed by atoms with E-state index in [-0.39, 0.29) is 11.7 Å². The van der Waals surface area contributed by atoms with Crippen molar-refractivity contribution in [1.82, 2.24) is 4.98 Å². The molecule has 0 atom stereocenters. The molecule has 74 valence electrons. The van der Waals surface area contributed by atoms with Crippen LogP contribution in [-0.2, 0) is 0 Å². The van der Waals surface area contributed by atoms with Gasteiger partial charge in [0.05, 0.1) is 0 Å². The largest absolute Gasteiger partial charge is 0.292 e. The Hall–Kier alpha value is -1.18.